The lowest BCUT2D eigenvalue weighted by Crippen LogP contribution is -2.39. The number of hydrogen-bond acceptors (Lipinski definition) is 2. The molecule has 1 aliphatic carbocycles. The fraction of sp³-hybridized carbons (Fsp3) is 0.846. The maximum Gasteiger partial charge on any atom is 0.225 e. The topological polar surface area (TPSA) is 49.4 Å². The minimum Gasteiger partial charge on any atom is -0.353 e. The van der Waals surface area contributed by atoms with Crippen LogP contribution in [0.3, 0.4) is 0 Å². The van der Waals surface area contributed by atoms with Gasteiger partial charge in [-0.15, -0.1) is 0 Å². The van der Waals surface area contributed by atoms with Crippen LogP contribution in [-0.2, 0) is 9.59 Å². The van der Waals surface area contributed by atoms with Crippen molar-refractivity contribution < 1.29 is 9.59 Å². The molecule has 17 heavy (non-hydrogen) atoms. The summed E-state index contributed by atoms with van der Waals surface area (Å²) < 4.78 is 0. The third kappa shape index (κ3) is 2.79. The Morgan fingerprint density at radius 3 is 2.53 bits per heavy atom. The molecule has 0 bridgehead atoms. The average Bonchev–Trinajstić information content (AvgIpc) is 2.86. The van der Waals surface area contributed by atoms with Gasteiger partial charge in [0.25, 0.3) is 0 Å². The summed E-state index contributed by atoms with van der Waals surface area (Å²) in [4.78, 5) is 25.5. The van der Waals surface area contributed by atoms with Crippen LogP contribution in [0.1, 0.15) is 46.0 Å². The maximum absolute atomic E-state index is 12.0. The van der Waals surface area contributed by atoms with E-state index in [2.05, 4.69) is 5.32 Å². The summed E-state index contributed by atoms with van der Waals surface area (Å²) in [5.74, 6) is 0.0606. The van der Waals surface area contributed by atoms with Gasteiger partial charge in [0.1, 0.15) is 0 Å². The van der Waals surface area contributed by atoms with Crippen LogP contribution in [0.25, 0.3) is 0 Å². The molecule has 1 heterocycles. The van der Waals surface area contributed by atoms with Gasteiger partial charge in [0.2, 0.25) is 11.8 Å². The monoisotopic (exact) mass is 238 g/mol. The average molecular weight is 238 g/mol. The third-order valence-electron chi connectivity index (χ3n) is 3.85. The summed E-state index contributed by atoms with van der Waals surface area (Å²) in [5, 5.41) is 3.08. The van der Waals surface area contributed by atoms with Crippen molar-refractivity contribution in [2.24, 2.45) is 5.92 Å². The Bertz CT molecular complexity index is 309. The number of carbonyl (C=O) groups excluding carboxylic acids is 2. The molecule has 2 amide bonds. The van der Waals surface area contributed by atoms with E-state index in [9.17, 15) is 9.59 Å². The standard InChI is InChI=1S/C13H22N2O2/c1-9(2)15-8-10(7-12(15)16)13(17)14-11-5-3-4-6-11/h9-11H,3-8H2,1-2H3,(H,14,17)/t10-/m1/s1. The molecule has 96 valence electrons. The minimum absolute atomic E-state index is 0.0772. The van der Waals surface area contributed by atoms with Gasteiger partial charge in [-0.1, -0.05) is 12.8 Å². The van der Waals surface area contributed by atoms with Gasteiger partial charge < -0.3 is 10.2 Å². The Morgan fingerprint density at radius 1 is 1.35 bits per heavy atom. The van der Waals surface area contributed by atoms with Crippen molar-refractivity contribution in [2.45, 2.75) is 58.0 Å². The number of carbonyl (C=O) groups is 2. The lowest BCUT2D eigenvalue weighted by molar-refractivity contribution is -0.130. The normalized spacial score (nSPS) is 25.9. The Morgan fingerprint density at radius 2 is 2.00 bits per heavy atom. The zero-order valence-electron chi connectivity index (χ0n) is 10.7. The second-order valence-corrected chi connectivity index (χ2v) is 5.53. The van der Waals surface area contributed by atoms with Crippen molar-refractivity contribution in [1.82, 2.24) is 10.2 Å². The van der Waals surface area contributed by atoms with Crippen LogP contribution < -0.4 is 5.32 Å². The molecule has 0 aromatic carbocycles. The fourth-order valence-electron chi connectivity index (χ4n) is 2.80. The number of nitrogens with one attached hydrogen (secondary N) is 1. The van der Waals surface area contributed by atoms with E-state index >= 15 is 0 Å². The van der Waals surface area contributed by atoms with Crippen LogP contribution in [0.5, 0.6) is 0 Å². The molecular weight excluding hydrogens is 216 g/mol. The Balaban J connectivity index is 1.86. The Labute approximate surface area is 103 Å². The summed E-state index contributed by atoms with van der Waals surface area (Å²) in [6.45, 7) is 4.58. The summed E-state index contributed by atoms with van der Waals surface area (Å²) in [7, 11) is 0. The highest BCUT2D eigenvalue weighted by Crippen LogP contribution is 2.22. The first-order valence-corrected chi connectivity index (χ1v) is 6.67. The molecule has 0 unspecified atom stereocenters. The third-order valence-corrected chi connectivity index (χ3v) is 3.85. The largest absolute Gasteiger partial charge is 0.353 e. The van der Waals surface area contributed by atoms with Crippen molar-refractivity contribution in [3.8, 4) is 0 Å². The summed E-state index contributed by atoms with van der Waals surface area (Å²) in [6, 6.07) is 0.553. The zero-order valence-corrected chi connectivity index (χ0v) is 10.7. The molecule has 0 aromatic heterocycles. The van der Waals surface area contributed by atoms with Crippen LogP contribution >= 0.6 is 0 Å². The quantitative estimate of drug-likeness (QED) is 0.805. The van der Waals surface area contributed by atoms with Crippen LogP contribution in [0.4, 0.5) is 0 Å². The molecule has 4 heteroatoms. The van der Waals surface area contributed by atoms with Gasteiger partial charge >= 0.3 is 0 Å². The van der Waals surface area contributed by atoms with E-state index in [0.717, 1.165) is 12.8 Å². The van der Waals surface area contributed by atoms with Gasteiger partial charge in [-0.05, 0) is 26.7 Å². The van der Waals surface area contributed by atoms with E-state index in [-0.39, 0.29) is 23.8 Å². The molecule has 0 aromatic rings. The van der Waals surface area contributed by atoms with Crippen molar-refractivity contribution in [2.75, 3.05) is 6.54 Å². The van der Waals surface area contributed by atoms with Gasteiger partial charge in [-0.3, -0.25) is 9.59 Å². The van der Waals surface area contributed by atoms with Gasteiger partial charge in [-0.2, -0.15) is 0 Å². The molecule has 1 atom stereocenters. The number of likely N-dealkylation sites (tertiary alicyclic amines) is 1. The highest BCUT2D eigenvalue weighted by atomic mass is 16.2. The molecule has 2 fully saturated rings. The molecule has 1 aliphatic heterocycles. The first-order valence-electron chi connectivity index (χ1n) is 6.67. The second-order valence-electron chi connectivity index (χ2n) is 5.53. The van der Waals surface area contributed by atoms with Gasteiger partial charge in [0.15, 0.2) is 0 Å². The molecule has 1 N–H and O–H groups in total. The molecule has 0 radical (unpaired) electrons. The molecule has 1 saturated heterocycles. The molecule has 0 spiro atoms. The highest BCUT2D eigenvalue weighted by molar-refractivity contribution is 5.89. The van der Waals surface area contributed by atoms with Crippen LogP contribution in [-0.4, -0.2) is 35.3 Å². The van der Waals surface area contributed by atoms with Crippen LogP contribution in [0.2, 0.25) is 0 Å². The minimum atomic E-state index is -0.134. The molecule has 2 aliphatic rings. The van der Waals surface area contributed by atoms with E-state index in [1.165, 1.54) is 12.8 Å². The van der Waals surface area contributed by atoms with E-state index in [0.29, 0.717) is 19.0 Å². The number of amides is 2. The van der Waals surface area contributed by atoms with Crippen molar-refractivity contribution >= 4 is 11.8 Å². The summed E-state index contributed by atoms with van der Waals surface area (Å²) in [6.07, 6.45) is 5.01. The van der Waals surface area contributed by atoms with E-state index in [1.54, 1.807) is 4.90 Å². The fourth-order valence-corrected chi connectivity index (χ4v) is 2.80. The molecular formula is C13H22N2O2. The highest BCUT2D eigenvalue weighted by Gasteiger charge is 2.36. The first-order chi connectivity index (χ1) is 8.08. The Kier molecular flexibility index (Phi) is 3.69. The van der Waals surface area contributed by atoms with Gasteiger partial charge in [-0.25, -0.2) is 0 Å². The number of hydrogen-bond donors (Lipinski definition) is 1. The first kappa shape index (κ1) is 12.4. The van der Waals surface area contributed by atoms with E-state index < -0.39 is 0 Å². The van der Waals surface area contributed by atoms with Crippen LogP contribution in [0.15, 0.2) is 0 Å². The molecule has 4 nitrogen and oxygen atoms in total. The van der Waals surface area contributed by atoms with Crippen LogP contribution in [0, 0.1) is 5.92 Å². The van der Waals surface area contributed by atoms with Gasteiger partial charge in [0.05, 0.1) is 5.92 Å². The summed E-state index contributed by atoms with van der Waals surface area (Å²) >= 11 is 0. The Hall–Kier alpha value is -1.06. The van der Waals surface area contributed by atoms with E-state index in [1.807, 2.05) is 13.8 Å². The number of nitrogens with zero attached hydrogens (tertiary/aromatic N) is 1. The summed E-state index contributed by atoms with van der Waals surface area (Å²) in [5.41, 5.74) is 0. The van der Waals surface area contributed by atoms with Gasteiger partial charge in [0, 0.05) is 25.0 Å². The van der Waals surface area contributed by atoms with Crippen molar-refractivity contribution in [3.05, 3.63) is 0 Å². The SMILES string of the molecule is CC(C)N1C[C@H](C(=O)NC2CCCC2)CC1=O. The number of rotatable bonds is 3. The van der Waals surface area contributed by atoms with Crippen molar-refractivity contribution in [3.63, 3.8) is 0 Å². The van der Waals surface area contributed by atoms with E-state index in [4.69, 9.17) is 0 Å². The lowest BCUT2D eigenvalue weighted by atomic mass is 10.1. The smallest absolute Gasteiger partial charge is 0.225 e. The van der Waals surface area contributed by atoms with Crippen molar-refractivity contribution in [1.29, 1.82) is 0 Å². The predicted octanol–water partition coefficient (Wildman–Crippen LogP) is 1.30. The lowest BCUT2D eigenvalue weighted by Gasteiger charge is -2.21. The molecule has 2 rings (SSSR count). The second kappa shape index (κ2) is 5.07. The molecule has 1 saturated carbocycles. The maximum atomic E-state index is 12.0. The zero-order chi connectivity index (χ0) is 12.4. The predicted molar refractivity (Wildman–Crippen MR) is 65.4 cm³/mol.